The molecule has 9 unspecified atom stereocenters. The van der Waals surface area contributed by atoms with E-state index in [1.54, 1.807) is 4.90 Å². The molecule has 2 N–H and O–H groups in total. The predicted octanol–water partition coefficient (Wildman–Crippen LogP) is 4.13. The van der Waals surface area contributed by atoms with Crippen LogP contribution in [0.1, 0.15) is 64.5 Å². The standard InChI is InChI=1S/C30H41N3O4/c1-7-19(5)33-26(28(35)32-22-10-8-9-17(3)20(22)6)30-14-13-23(37-30)24(25(30)29(33)36)27(34)31-21-12-11-16(2)18(4)15-21/h11-15,17,19-20,22-26H,7-10H2,1-6H3,(H,31,34)(H,32,35). The average Bonchev–Trinajstić information content (AvgIpc) is 3.51. The second-order valence-corrected chi connectivity index (χ2v) is 11.9. The van der Waals surface area contributed by atoms with E-state index in [0.717, 1.165) is 24.0 Å². The van der Waals surface area contributed by atoms with E-state index in [4.69, 9.17) is 4.74 Å². The quantitative estimate of drug-likeness (QED) is 0.567. The smallest absolute Gasteiger partial charge is 0.246 e. The molecule has 0 radical (unpaired) electrons. The van der Waals surface area contributed by atoms with Crippen LogP contribution < -0.4 is 10.6 Å². The number of benzene rings is 1. The topological polar surface area (TPSA) is 87.7 Å². The summed E-state index contributed by atoms with van der Waals surface area (Å²) in [5.41, 5.74) is 1.81. The third-order valence-electron chi connectivity index (χ3n) is 9.74. The lowest BCUT2D eigenvalue weighted by molar-refractivity contribution is -0.144. The largest absolute Gasteiger partial charge is 0.359 e. The number of fused-ring (bicyclic) bond motifs is 1. The van der Waals surface area contributed by atoms with Crippen LogP contribution in [0.2, 0.25) is 0 Å². The zero-order valence-corrected chi connectivity index (χ0v) is 22.9. The molecule has 3 heterocycles. The summed E-state index contributed by atoms with van der Waals surface area (Å²) >= 11 is 0. The zero-order valence-electron chi connectivity index (χ0n) is 22.9. The Hall–Kier alpha value is -2.67. The molecule has 3 aliphatic heterocycles. The summed E-state index contributed by atoms with van der Waals surface area (Å²) in [5, 5.41) is 6.33. The predicted molar refractivity (Wildman–Crippen MR) is 143 cm³/mol. The molecule has 5 rings (SSSR count). The van der Waals surface area contributed by atoms with Gasteiger partial charge in [0.25, 0.3) is 0 Å². The minimum atomic E-state index is -1.12. The summed E-state index contributed by atoms with van der Waals surface area (Å²) in [7, 11) is 0. The number of carbonyl (C=O) groups excluding carboxylic acids is 3. The summed E-state index contributed by atoms with van der Waals surface area (Å²) in [5.74, 6) is -1.06. The Morgan fingerprint density at radius 2 is 1.92 bits per heavy atom. The second-order valence-electron chi connectivity index (χ2n) is 11.9. The zero-order chi connectivity index (χ0) is 26.6. The van der Waals surface area contributed by atoms with Gasteiger partial charge in [-0.15, -0.1) is 0 Å². The summed E-state index contributed by atoms with van der Waals surface area (Å²) in [6, 6.07) is 4.94. The molecule has 37 heavy (non-hydrogen) atoms. The van der Waals surface area contributed by atoms with Crippen molar-refractivity contribution in [3.05, 3.63) is 41.5 Å². The van der Waals surface area contributed by atoms with Gasteiger partial charge in [-0.05, 0) is 68.7 Å². The minimum absolute atomic E-state index is 0.0760. The van der Waals surface area contributed by atoms with Crippen molar-refractivity contribution < 1.29 is 19.1 Å². The van der Waals surface area contributed by atoms with Crippen molar-refractivity contribution in [3.8, 4) is 0 Å². The molecule has 7 heteroatoms. The summed E-state index contributed by atoms with van der Waals surface area (Å²) in [6.45, 7) is 12.5. The molecule has 4 aliphatic rings. The van der Waals surface area contributed by atoms with Crippen LogP contribution in [0.5, 0.6) is 0 Å². The number of amides is 3. The van der Waals surface area contributed by atoms with Crippen molar-refractivity contribution in [2.45, 2.75) is 97.1 Å². The maximum Gasteiger partial charge on any atom is 0.246 e. The number of hydrogen-bond donors (Lipinski definition) is 2. The lowest BCUT2D eigenvalue weighted by atomic mass is 9.73. The van der Waals surface area contributed by atoms with Gasteiger partial charge in [-0.25, -0.2) is 0 Å². The molecule has 1 saturated carbocycles. The first-order chi connectivity index (χ1) is 17.6. The van der Waals surface area contributed by atoms with Crippen molar-refractivity contribution in [2.24, 2.45) is 23.7 Å². The molecule has 1 aromatic rings. The number of ether oxygens (including phenoxy) is 1. The number of aryl methyl sites for hydroxylation is 2. The molecule has 0 aromatic heterocycles. The summed E-state index contributed by atoms with van der Waals surface area (Å²) in [4.78, 5) is 43.3. The Labute approximate surface area is 220 Å². The van der Waals surface area contributed by atoms with E-state index in [0.29, 0.717) is 23.9 Å². The molecule has 2 bridgehead atoms. The molecule has 9 atom stereocenters. The van der Waals surface area contributed by atoms with Crippen LogP contribution in [0.15, 0.2) is 30.4 Å². The Bertz CT molecular complexity index is 1130. The van der Waals surface area contributed by atoms with Gasteiger partial charge in [-0.2, -0.15) is 0 Å². The van der Waals surface area contributed by atoms with Crippen LogP contribution >= 0.6 is 0 Å². The highest BCUT2D eigenvalue weighted by Crippen LogP contribution is 2.56. The fourth-order valence-electron chi connectivity index (χ4n) is 6.97. The van der Waals surface area contributed by atoms with Gasteiger partial charge in [-0.3, -0.25) is 14.4 Å². The van der Waals surface area contributed by atoms with Gasteiger partial charge in [0, 0.05) is 17.8 Å². The number of anilines is 1. The SMILES string of the molecule is CCC(C)N1C(=O)C2C(C(=O)Nc3ccc(C)c(C)c3)C3C=CC2(O3)C1C(=O)NC1CCCC(C)C1C. The number of nitrogens with zero attached hydrogens (tertiary/aromatic N) is 1. The van der Waals surface area contributed by atoms with Gasteiger partial charge in [0.2, 0.25) is 17.7 Å². The van der Waals surface area contributed by atoms with Gasteiger partial charge in [0.05, 0.1) is 17.9 Å². The highest BCUT2D eigenvalue weighted by Gasteiger charge is 2.73. The number of carbonyl (C=O) groups is 3. The number of nitrogens with one attached hydrogen (secondary N) is 2. The normalized spacial score (nSPS) is 37.0. The Kier molecular flexibility index (Phi) is 6.71. The first-order valence-electron chi connectivity index (χ1n) is 14.0. The molecule has 3 fully saturated rings. The van der Waals surface area contributed by atoms with Crippen LogP contribution in [-0.4, -0.2) is 52.5 Å². The third-order valence-corrected chi connectivity index (χ3v) is 9.74. The van der Waals surface area contributed by atoms with Crippen molar-refractivity contribution in [2.75, 3.05) is 5.32 Å². The Morgan fingerprint density at radius 3 is 2.62 bits per heavy atom. The average molecular weight is 508 g/mol. The van der Waals surface area contributed by atoms with Gasteiger partial charge in [0.15, 0.2) is 0 Å². The number of likely N-dealkylation sites (tertiary alicyclic amines) is 1. The summed E-state index contributed by atoms with van der Waals surface area (Å²) in [6.07, 6.45) is 7.15. The molecule has 200 valence electrons. The van der Waals surface area contributed by atoms with Crippen LogP contribution in [-0.2, 0) is 19.1 Å². The van der Waals surface area contributed by atoms with Gasteiger partial charge in [0.1, 0.15) is 11.6 Å². The molecule has 2 saturated heterocycles. The van der Waals surface area contributed by atoms with E-state index < -0.39 is 29.6 Å². The molecule has 3 amide bonds. The number of hydrogen-bond acceptors (Lipinski definition) is 4. The lowest BCUT2D eigenvalue weighted by Crippen LogP contribution is -2.59. The molecular weight excluding hydrogens is 466 g/mol. The first-order valence-corrected chi connectivity index (χ1v) is 14.0. The van der Waals surface area contributed by atoms with Crippen LogP contribution in [0.25, 0.3) is 0 Å². The third kappa shape index (κ3) is 4.10. The molecule has 1 aromatic carbocycles. The van der Waals surface area contributed by atoms with Crippen LogP contribution in [0.3, 0.4) is 0 Å². The highest BCUT2D eigenvalue weighted by molar-refractivity contribution is 6.03. The lowest BCUT2D eigenvalue weighted by Gasteiger charge is -2.39. The maximum absolute atomic E-state index is 14.0. The molecule has 1 aliphatic carbocycles. The minimum Gasteiger partial charge on any atom is -0.359 e. The fraction of sp³-hybridized carbons (Fsp3) is 0.633. The van der Waals surface area contributed by atoms with Crippen molar-refractivity contribution in [3.63, 3.8) is 0 Å². The number of rotatable bonds is 6. The van der Waals surface area contributed by atoms with E-state index >= 15 is 0 Å². The van der Waals surface area contributed by atoms with E-state index in [1.807, 2.05) is 58.0 Å². The maximum atomic E-state index is 14.0. The highest BCUT2D eigenvalue weighted by atomic mass is 16.5. The van der Waals surface area contributed by atoms with Crippen molar-refractivity contribution in [1.82, 2.24) is 10.2 Å². The van der Waals surface area contributed by atoms with Gasteiger partial charge >= 0.3 is 0 Å². The Balaban J connectivity index is 1.45. The monoisotopic (exact) mass is 507 g/mol. The van der Waals surface area contributed by atoms with Crippen LogP contribution in [0, 0.1) is 37.5 Å². The molecule has 1 spiro atoms. The molecular formula is C30H41N3O4. The van der Waals surface area contributed by atoms with E-state index in [1.165, 1.54) is 6.42 Å². The first kappa shape index (κ1) is 26.0. The van der Waals surface area contributed by atoms with Gasteiger partial charge < -0.3 is 20.3 Å². The Morgan fingerprint density at radius 1 is 1.16 bits per heavy atom. The van der Waals surface area contributed by atoms with Crippen molar-refractivity contribution >= 4 is 23.4 Å². The summed E-state index contributed by atoms with van der Waals surface area (Å²) < 4.78 is 6.47. The molecule has 7 nitrogen and oxygen atoms in total. The second kappa shape index (κ2) is 9.57. The van der Waals surface area contributed by atoms with Gasteiger partial charge in [-0.1, -0.05) is 51.8 Å². The van der Waals surface area contributed by atoms with Crippen LogP contribution in [0.4, 0.5) is 5.69 Å². The fourth-order valence-corrected chi connectivity index (χ4v) is 6.97. The van der Waals surface area contributed by atoms with E-state index in [-0.39, 0.29) is 29.8 Å². The van der Waals surface area contributed by atoms with E-state index in [9.17, 15) is 14.4 Å². The van der Waals surface area contributed by atoms with Crippen molar-refractivity contribution in [1.29, 1.82) is 0 Å². The van der Waals surface area contributed by atoms with E-state index in [2.05, 4.69) is 24.5 Å².